The van der Waals surface area contributed by atoms with Crippen LogP contribution in [-0.2, 0) is 0 Å². The smallest absolute Gasteiger partial charge is 0.178 e. The van der Waals surface area contributed by atoms with E-state index in [1.807, 2.05) is 13.1 Å². The lowest BCUT2D eigenvalue weighted by molar-refractivity contribution is 1.29. The summed E-state index contributed by atoms with van der Waals surface area (Å²) in [6.07, 6.45) is 1.85. The molecule has 0 unspecified atom stereocenters. The molecule has 0 aliphatic rings. The Morgan fingerprint density at radius 2 is 2.05 bits per heavy atom. The number of nitrogens with zero attached hydrogens (tertiary/aromatic N) is 2. The molecule has 0 fully saturated rings. The lowest BCUT2D eigenvalue weighted by atomic mass is 10.2. The quantitative estimate of drug-likeness (QED) is 0.561. The van der Waals surface area contributed by atoms with Crippen molar-refractivity contribution >= 4 is 32.6 Å². The number of pyridine rings is 1. The molecule has 0 atom stereocenters. The third kappa shape index (κ3) is 1.72. The van der Waals surface area contributed by atoms with Crippen molar-refractivity contribution in [3.8, 4) is 10.7 Å². The predicted octanol–water partition coefficient (Wildman–Crippen LogP) is 4.15. The monoisotopic (exact) mass is 265 g/mol. The fourth-order valence-corrected chi connectivity index (χ4v) is 3.23. The molecule has 3 nitrogen and oxygen atoms in total. The summed E-state index contributed by atoms with van der Waals surface area (Å²) in [5.74, 6) is 0.898. The zero-order chi connectivity index (χ0) is 12.8. The first kappa shape index (κ1) is 10.7. The largest absolute Gasteiger partial charge is 0.336 e. The highest BCUT2D eigenvalue weighted by Gasteiger charge is 2.09. The number of hydrogen-bond acceptors (Lipinski definition) is 3. The summed E-state index contributed by atoms with van der Waals surface area (Å²) < 4.78 is 1.28. The number of H-pyrrole nitrogens is 1. The zero-order valence-corrected chi connectivity index (χ0v) is 11.2. The Morgan fingerprint density at radius 1 is 1.16 bits per heavy atom. The number of rotatable bonds is 1. The first-order valence-corrected chi connectivity index (χ1v) is 6.92. The first-order valence-electron chi connectivity index (χ1n) is 6.11. The van der Waals surface area contributed by atoms with E-state index in [0.29, 0.717) is 0 Å². The van der Waals surface area contributed by atoms with Gasteiger partial charge in [0.15, 0.2) is 11.5 Å². The normalized spacial score (nSPS) is 11.4. The van der Waals surface area contributed by atoms with Gasteiger partial charge in [-0.1, -0.05) is 18.2 Å². The fraction of sp³-hybridized carbons (Fsp3) is 0.0667. The van der Waals surface area contributed by atoms with Crippen molar-refractivity contribution in [2.24, 2.45) is 0 Å². The number of thiophene rings is 1. The van der Waals surface area contributed by atoms with Crippen LogP contribution in [-0.4, -0.2) is 15.0 Å². The third-order valence-electron chi connectivity index (χ3n) is 3.13. The first-order chi connectivity index (χ1) is 9.29. The molecule has 0 spiro atoms. The number of aromatic nitrogens is 3. The highest BCUT2D eigenvalue weighted by atomic mass is 32.1. The van der Waals surface area contributed by atoms with Gasteiger partial charge in [0.2, 0.25) is 0 Å². The number of benzene rings is 1. The van der Waals surface area contributed by atoms with Gasteiger partial charge in [-0.25, -0.2) is 9.97 Å². The highest BCUT2D eigenvalue weighted by Crippen LogP contribution is 2.32. The minimum absolute atomic E-state index is 0.776. The van der Waals surface area contributed by atoms with Gasteiger partial charge in [-0.3, -0.25) is 0 Å². The molecule has 0 aliphatic heterocycles. The van der Waals surface area contributed by atoms with Crippen LogP contribution in [0.5, 0.6) is 0 Å². The minimum atomic E-state index is 0.776. The summed E-state index contributed by atoms with van der Waals surface area (Å²) in [5.41, 5.74) is 2.91. The summed E-state index contributed by atoms with van der Waals surface area (Å²) in [7, 11) is 0. The molecular weight excluding hydrogens is 254 g/mol. The third-order valence-corrected chi connectivity index (χ3v) is 4.26. The Balaban J connectivity index is 1.93. The predicted molar refractivity (Wildman–Crippen MR) is 79.4 cm³/mol. The van der Waals surface area contributed by atoms with Crippen LogP contribution in [0.25, 0.3) is 32.0 Å². The van der Waals surface area contributed by atoms with Gasteiger partial charge in [-0.05, 0) is 36.1 Å². The van der Waals surface area contributed by atoms with E-state index in [1.165, 1.54) is 10.1 Å². The molecule has 92 valence electrons. The molecule has 4 rings (SSSR count). The van der Waals surface area contributed by atoms with Crippen LogP contribution < -0.4 is 0 Å². The van der Waals surface area contributed by atoms with E-state index in [2.05, 4.69) is 51.4 Å². The topological polar surface area (TPSA) is 41.6 Å². The maximum atomic E-state index is 4.56. The molecule has 4 aromatic rings. The SMILES string of the molecule is Cc1cnc2nc(-c3cc4ccccc4s3)[nH]c2c1. The van der Waals surface area contributed by atoms with Crippen molar-refractivity contribution in [1.82, 2.24) is 15.0 Å². The summed E-state index contributed by atoms with van der Waals surface area (Å²) in [6.45, 7) is 2.03. The Morgan fingerprint density at radius 3 is 2.95 bits per heavy atom. The van der Waals surface area contributed by atoms with Crippen LogP contribution in [0, 0.1) is 6.92 Å². The van der Waals surface area contributed by atoms with Crippen molar-refractivity contribution < 1.29 is 0 Å². The number of imidazole rings is 1. The van der Waals surface area contributed by atoms with E-state index >= 15 is 0 Å². The molecule has 0 saturated heterocycles. The van der Waals surface area contributed by atoms with Gasteiger partial charge in [0.05, 0.1) is 10.4 Å². The Hall–Kier alpha value is -2.20. The average Bonchev–Trinajstić information content (AvgIpc) is 3.00. The van der Waals surface area contributed by atoms with E-state index in [4.69, 9.17) is 0 Å². The van der Waals surface area contributed by atoms with E-state index in [9.17, 15) is 0 Å². The standard InChI is InChI=1S/C15H11N3S/c1-9-6-11-14(16-8-9)18-15(17-11)13-7-10-4-2-3-5-12(10)19-13/h2-8H,1H3,(H,16,17,18). The van der Waals surface area contributed by atoms with Crippen molar-refractivity contribution in [2.75, 3.05) is 0 Å². The van der Waals surface area contributed by atoms with Gasteiger partial charge in [0, 0.05) is 10.9 Å². The second kappa shape index (κ2) is 3.90. The number of nitrogens with one attached hydrogen (secondary N) is 1. The van der Waals surface area contributed by atoms with Crippen LogP contribution in [0.3, 0.4) is 0 Å². The Labute approximate surface area is 114 Å². The molecule has 3 heterocycles. The van der Waals surface area contributed by atoms with Crippen molar-refractivity contribution in [2.45, 2.75) is 6.92 Å². The van der Waals surface area contributed by atoms with Gasteiger partial charge in [0.1, 0.15) is 0 Å². The molecule has 3 aromatic heterocycles. The average molecular weight is 265 g/mol. The number of aryl methyl sites for hydroxylation is 1. The summed E-state index contributed by atoms with van der Waals surface area (Å²) in [4.78, 5) is 13.4. The van der Waals surface area contributed by atoms with Crippen LogP contribution in [0.2, 0.25) is 0 Å². The molecule has 0 bridgehead atoms. The fourth-order valence-electron chi connectivity index (χ4n) is 2.22. The summed E-state index contributed by atoms with van der Waals surface area (Å²) in [5, 5.41) is 1.26. The van der Waals surface area contributed by atoms with Gasteiger partial charge >= 0.3 is 0 Å². The number of hydrogen-bond donors (Lipinski definition) is 1. The van der Waals surface area contributed by atoms with Crippen molar-refractivity contribution in [1.29, 1.82) is 0 Å². The minimum Gasteiger partial charge on any atom is -0.336 e. The van der Waals surface area contributed by atoms with Gasteiger partial charge in [-0.2, -0.15) is 0 Å². The van der Waals surface area contributed by atoms with Crippen molar-refractivity contribution in [3.05, 3.63) is 48.2 Å². The summed E-state index contributed by atoms with van der Waals surface area (Å²) >= 11 is 1.75. The Bertz CT molecular complexity index is 856. The molecule has 19 heavy (non-hydrogen) atoms. The zero-order valence-electron chi connectivity index (χ0n) is 10.3. The van der Waals surface area contributed by atoms with Crippen LogP contribution in [0.15, 0.2) is 42.6 Å². The lowest BCUT2D eigenvalue weighted by Gasteiger charge is -1.88. The molecular formula is C15H11N3S. The maximum Gasteiger partial charge on any atom is 0.178 e. The lowest BCUT2D eigenvalue weighted by Crippen LogP contribution is -1.77. The van der Waals surface area contributed by atoms with Crippen LogP contribution in [0.1, 0.15) is 5.56 Å². The van der Waals surface area contributed by atoms with E-state index in [1.54, 1.807) is 11.3 Å². The highest BCUT2D eigenvalue weighted by molar-refractivity contribution is 7.22. The van der Waals surface area contributed by atoms with Gasteiger partial charge < -0.3 is 4.98 Å². The van der Waals surface area contributed by atoms with E-state index in [-0.39, 0.29) is 0 Å². The van der Waals surface area contributed by atoms with Gasteiger partial charge in [0.25, 0.3) is 0 Å². The molecule has 1 aromatic carbocycles. The number of aromatic amines is 1. The Kier molecular flexibility index (Phi) is 2.19. The molecule has 4 heteroatoms. The van der Waals surface area contributed by atoms with Crippen molar-refractivity contribution in [3.63, 3.8) is 0 Å². The van der Waals surface area contributed by atoms with Crippen LogP contribution in [0.4, 0.5) is 0 Å². The molecule has 0 radical (unpaired) electrons. The summed E-state index contributed by atoms with van der Waals surface area (Å²) in [6, 6.07) is 12.6. The molecule has 1 N–H and O–H groups in total. The molecule has 0 saturated carbocycles. The van der Waals surface area contributed by atoms with E-state index < -0.39 is 0 Å². The van der Waals surface area contributed by atoms with E-state index in [0.717, 1.165) is 27.4 Å². The van der Waals surface area contributed by atoms with Gasteiger partial charge in [-0.15, -0.1) is 11.3 Å². The number of fused-ring (bicyclic) bond motifs is 2. The molecule has 0 amide bonds. The maximum absolute atomic E-state index is 4.56. The second-order valence-corrected chi connectivity index (χ2v) is 5.70. The molecule has 0 aliphatic carbocycles. The second-order valence-electron chi connectivity index (χ2n) is 4.62. The van der Waals surface area contributed by atoms with Crippen LogP contribution >= 0.6 is 11.3 Å².